The van der Waals surface area contributed by atoms with Crippen LogP contribution in [0.3, 0.4) is 0 Å². The van der Waals surface area contributed by atoms with Crippen molar-refractivity contribution in [3.63, 3.8) is 0 Å². The molecule has 0 N–H and O–H groups in total. The average Bonchev–Trinajstić information content (AvgIpc) is 2.81. The van der Waals surface area contributed by atoms with Gasteiger partial charge in [-0.2, -0.15) is 0 Å². The zero-order valence-electron chi connectivity index (χ0n) is 11.0. The van der Waals surface area contributed by atoms with Gasteiger partial charge in [0.05, 0.1) is 0 Å². The normalized spacial score (nSPS) is 15.2. The number of nitrogens with zero attached hydrogens (tertiary/aromatic N) is 3. The first kappa shape index (κ1) is 13.3. The number of rotatable bonds is 3. The van der Waals surface area contributed by atoms with Crippen molar-refractivity contribution in [2.24, 2.45) is 5.92 Å². The number of halogens is 1. The highest BCUT2D eigenvalue weighted by Crippen LogP contribution is 2.23. The molecule has 1 amide bonds. The molecule has 0 unspecified atom stereocenters. The second-order valence-electron chi connectivity index (χ2n) is 5.10. The van der Waals surface area contributed by atoms with E-state index in [9.17, 15) is 4.79 Å². The zero-order chi connectivity index (χ0) is 14.1. The highest BCUT2D eigenvalue weighted by molar-refractivity contribution is 9.10. The molecule has 1 saturated heterocycles. The topological polar surface area (TPSA) is 59.2 Å². The van der Waals surface area contributed by atoms with E-state index in [1.807, 2.05) is 12.1 Å². The summed E-state index contributed by atoms with van der Waals surface area (Å²) in [5, 5.41) is 7.29. The van der Waals surface area contributed by atoms with Crippen LogP contribution in [0.25, 0.3) is 0 Å². The summed E-state index contributed by atoms with van der Waals surface area (Å²) in [6, 6.07) is 8.31. The van der Waals surface area contributed by atoms with Crippen molar-refractivity contribution in [1.82, 2.24) is 15.2 Å². The molecule has 6 heteroatoms. The van der Waals surface area contributed by atoms with Crippen LogP contribution in [-0.4, -0.2) is 34.2 Å². The lowest BCUT2D eigenvalue weighted by molar-refractivity contribution is 0.0489. The van der Waals surface area contributed by atoms with Gasteiger partial charge in [0.1, 0.15) is 5.69 Å². The van der Waals surface area contributed by atoms with Crippen molar-refractivity contribution in [3.8, 4) is 0 Å². The van der Waals surface area contributed by atoms with Crippen LogP contribution in [0.15, 0.2) is 33.4 Å². The molecule has 2 heterocycles. The lowest BCUT2D eigenvalue weighted by Gasteiger charge is -2.39. The summed E-state index contributed by atoms with van der Waals surface area (Å²) in [4.78, 5) is 13.9. The SMILES string of the molecule is Cc1nonc1C(=O)N1CC(Cc2ccc(Br)cc2)C1. The van der Waals surface area contributed by atoms with Crippen molar-refractivity contribution in [1.29, 1.82) is 0 Å². The van der Waals surface area contributed by atoms with E-state index in [2.05, 4.69) is 43.0 Å². The largest absolute Gasteiger partial charge is 0.336 e. The van der Waals surface area contributed by atoms with Crippen molar-refractivity contribution >= 4 is 21.8 Å². The molecule has 0 atom stereocenters. The number of benzene rings is 1. The first-order valence-corrected chi connectivity index (χ1v) is 7.25. The van der Waals surface area contributed by atoms with E-state index >= 15 is 0 Å². The van der Waals surface area contributed by atoms with Crippen molar-refractivity contribution in [2.75, 3.05) is 13.1 Å². The lowest BCUT2D eigenvalue weighted by Crippen LogP contribution is -2.51. The van der Waals surface area contributed by atoms with Gasteiger partial charge in [0.2, 0.25) is 0 Å². The van der Waals surface area contributed by atoms with Crippen LogP contribution in [-0.2, 0) is 6.42 Å². The van der Waals surface area contributed by atoms with Crippen molar-refractivity contribution < 1.29 is 9.42 Å². The van der Waals surface area contributed by atoms with E-state index in [0.29, 0.717) is 17.3 Å². The summed E-state index contributed by atoms with van der Waals surface area (Å²) >= 11 is 3.43. The maximum absolute atomic E-state index is 12.1. The second-order valence-corrected chi connectivity index (χ2v) is 6.02. The number of likely N-dealkylation sites (tertiary alicyclic amines) is 1. The standard InChI is InChI=1S/C14H14BrN3O2/c1-9-13(17-20-16-9)14(19)18-7-11(8-18)6-10-2-4-12(15)5-3-10/h2-5,11H,6-8H2,1H3. The number of amides is 1. The first-order chi connectivity index (χ1) is 9.63. The van der Waals surface area contributed by atoms with Crippen LogP contribution in [0.2, 0.25) is 0 Å². The van der Waals surface area contributed by atoms with Crippen LogP contribution < -0.4 is 0 Å². The van der Waals surface area contributed by atoms with Crippen LogP contribution in [0, 0.1) is 12.8 Å². The number of aryl methyl sites for hydroxylation is 1. The molecular formula is C14H14BrN3O2. The summed E-state index contributed by atoms with van der Waals surface area (Å²) in [5.74, 6) is 0.427. The Hall–Kier alpha value is -1.69. The quantitative estimate of drug-likeness (QED) is 0.864. The minimum absolute atomic E-state index is 0.0872. The van der Waals surface area contributed by atoms with Gasteiger partial charge in [-0.25, -0.2) is 4.63 Å². The number of aromatic nitrogens is 2. The van der Waals surface area contributed by atoms with Gasteiger partial charge in [0, 0.05) is 17.6 Å². The summed E-state index contributed by atoms with van der Waals surface area (Å²) in [5.41, 5.74) is 2.17. The molecule has 20 heavy (non-hydrogen) atoms. The van der Waals surface area contributed by atoms with E-state index in [1.165, 1.54) is 5.56 Å². The Labute approximate surface area is 125 Å². The molecule has 0 bridgehead atoms. The molecule has 0 saturated carbocycles. The predicted molar refractivity (Wildman–Crippen MR) is 76.3 cm³/mol. The summed E-state index contributed by atoms with van der Waals surface area (Å²) < 4.78 is 5.65. The van der Waals surface area contributed by atoms with Gasteiger partial charge < -0.3 is 4.90 Å². The van der Waals surface area contributed by atoms with Gasteiger partial charge >= 0.3 is 0 Å². The molecular weight excluding hydrogens is 322 g/mol. The number of hydrogen-bond acceptors (Lipinski definition) is 4. The maximum atomic E-state index is 12.1. The molecule has 0 radical (unpaired) electrons. The van der Waals surface area contributed by atoms with Crippen LogP contribution in [0.1, 0.15) is 21.7 Å². The fraction of sp³-hybridized carbons (Fsp3) is 0.357. The molecule has 0 aliphatic carbocycles. The number of hydrogen-bond donors (Lipinski definition) is 0. The van der Waals surface area contributed by atoms with Crippen LogP contribution >= 0.6 is 15.9 Å². The third kappa shape index (κ3) is 2.60. The molecule has 1 aliphatic heterocycles. The maximum Gasteiger partial charge on any atom is 0.278 e. The van der Waals surface area contributed by atoms with E-state index in [4.69, 9.17) is 0 Å². The van der Waals surface area contributed by atoms with Gasteiger partial charge in [-0.3, -0.25) is 4.79 Å². The molecule has 5 nitrogen and oxygen atoms in total. The Morgan fingerprint density at radius 1 is 1.35 bits per heavy atom. The highest BCUT2D eigenvalue weighted by Gasteiger charge is 2.33. The Morgan fingerprint density at radius 2 is 2.05 bits per heavy atom. The van der Waals surface area contributed by atoms with Gasteiger partial charge in [0.15, 0.2) is 5.69 Å². The Balaban J connectivity index is 1.55. The Kier molecular flexibility index (Phi) is 3.56. The van der Waals surface area contributed by atoms with Gasteiger partial charge in [0.25, 0.3) is 5.91 Å². The van der Waals surface area contributed by atoms with E-state index in [0.717, 1.165) is 24.0 Å². The Morgan fingerprint density at radius 3 is 2.65 bits per heavy atom. The smallest absolute Gasteiger partial charge is 0.278 e. The second kappa shape index (κ2) is 5.36. The molecule has 104 valence electrons. The third-order valence-electron chi connectivity index (χ3n) is 3.54. The van der Waals surface area contributed by atoms with Crippen molar-refractivity contribution in [2.45, 2.75) is 13.3 Å². The lowest BCUT2D eigenvalue weighted by atomic mass is 9.92. The fourth-order valence-corrected chi connectivity index (χ4v) is 2.66. The third-order valence-corrected chi connectivity index (χ3v) is 4.07. The molecule has 2 aromatic rings. The highest BCUT2D eigenvalue weighted by atomic mass is 79.9. The zero-order valence-corrected chi connectivity index (χ0v) is 12.6. The summed E-state index contributed by atoms with van der Waals surface area (Å²) in [6.45, 7) is 3.26. The van der Waals surface area contributed by atoms with E-state index in [1.54, 1.807) is 11.8 Å². The summed E-state index contributed by atoms with van der Waals surface area (Å²) in [6.07, 6.45) is 0.993. The van der Waals surface area contributed by atoms with Crippen LogP contribution in [0.4, 0.5) is 0 Å². The van der Waals surface area contributed by atoms with Crippen LogP contribution in [0.5, 0.6) is 0 Å². The fourth-order valence-electron chi connectivity index (χ4n) is 2.39. The van der Waals surface area contributed by atoms with Gasteiger partial charge in [-0.05, 0) is 42.1 Å². The molecule has 1 fully saturated rings. The van der Waals surface area contributed by atoms with Gasteiger partial charge in [-0.15, -0.1) is 0 Å². The van der Waals surface area contributed by atoms with E-state index in [-0.39, 0.29) is 5.91 Å². The van der Waals surface area contributed by atoms with E-state index < -0.39 is 0 Å². The molecule has 1 aliphatic rings. The summed E-state index contributed by atoms with van der Waals surface area (Å²) in [7, 11) is 0. The first-order valence-electron chi connectivity index (χ1n) is 6.46. The Bertz CT molecular complexity index is 618. The number of carbonyl (C=O) groups excluding carboxylic acids is 1. The van der Waals surface area contributed by atoms with Gasteiger partial charge in [-0.1, -0.05) is 33.2 Å². The predicted octanol–water partition coefficient (Wildman–Crippen LogP) is 2.46. The molecule has 1 aromatic carbocycles. The molecule has 1 aromatic heterocycles. The monoisotopic (exact) mass is 335 g/mol. The molecule has 0 spiro atoms. The minimum Gasteiger partial charge on any atom is -0.336 e. The average molecular weight is 336 g/mol. The minimum atomic E-state index is -0.0872. The van der Waals surface area contributed by atoms with Crippen molar-refractivity contribution in [3.05, 3.63) is 45.7 Å². The number of carbonyl (C=O) groups is 1. The molecule has 3 rings (SSSR count).